The van der Waals surface area contributed by atoms with Gasteiger partial charge >= 0.3 is 0 Å². The van der Waals surface area contributed by atoms with E-state index in [1.54, 1.807) is 36.4 Å². The molecule has 26 heavy (non-hydrogen) atoms. The summed E-state index contributed by atoms with van der Waals surface area (Å²) in [6.07, 6.45) is 1.70. The average molecular weight is 372 g/mol. The van der Waals surface area contributed by atoms with Crippen LogP contribution in [0.2, 0.25) is 0 Å². The van der Waals surface area contributed by atoms with Crippen LogP contribution in [0.25, 0.3) is 0 Å². The Labute approximate surface area is 152 Å². The summed E-state index contributed by atoms with van der Waals surface area (Å²) in [5.74, 6) is -0.622. The highest BCUT2D eigenvalue weighted by atomic mass is 32.2. The molecule has 6 nitrogen and oxygen atoms in total. The molecule has 0 aromatic heterocycles. The van der Waals surface area contributed by atoms with Crippen LogP contribution >= 0.6 is 0 Å². The van der Waals surface area contributed by atoms with Gasteiger partial charge in [-0.05, 0) is 50.1 Å². The maximum Gasteiger partial charge on any atom is 0.255 e. The molecule has 1 N–H and O–H groups in total. The zero-order valence-corrected chi connectivity index (χ0v) is 15.3. The number of nitrogens with zero attached hydrogens (tertiary/aromatic N) is 1. The molecular weight excluding hydrogens is 352 g/mol. The minimum absolute atomic E-state index is 0.104. The van der Waals surface area contributed by atoms with Crippen molar-refractivity contribution in [1.82, 2.24) is 4.31 Å². The van der Waals surface area contributed by atoms with Crippen molar-refractivity contribution in [1.29, 1.82) is 0 Å². The normalized spacial score (nSPS) is 15.0. The topological polar surface area (TPSA) is 83.5 Å². The van der Waals surface area contributed by atoms with Gasteiger partial charge in [-0.25, -0.2) is 8.42 Å². The molecule has 0 spiro atoms. The van der Waals surface area contributed by atoms with Crippen LogP contribution in [0.1, 0.15) is 40.5 Å². The first-order valence-corrected chi connectivity index (χ1v) is 9.85. The lowest BCUT2D eigenvalue weighted by Crippen LogP contribution is -2.28. The molecule has 1 fully saturated rings. The molecule has 0 bridgehead atoms. The van der Waals surface area contributed by atoms with Crippen molar-refractivity contribution >= 4 is 27.4 Å². The Balaban J connectivity index is 1.87. The van der Waals surface area contributed by atoms with E-state index in [9.17, 15) is 18.0 Å². The molecule has 1 amide bonds. The number of Topliss-reactive ketones (excluding diaryl/α,β-unsaturated/α-hetero) is 1. The summed E-state index contributed by atoms with van der Waals surface area (Å²) >= 11 is 0. The van der Waals surface area contributed by atoms with Crippen LogP contribution in [0.5, 0.6) is 0 Å². The van der Waals surface area contributed by atoms with Crippen molar-refractivity contribution < 1.29 is 18.0 Å². The number of carbonyl (C=O) groups excluding carboxylic acids is 2. The second-order valence-electron chi connectivity index (χ2n) is 6.19. The van der Waals surface area contributed by atoms with Crippen molar-refractivity contribution in [2.45, 2.75) is 24.7 Å². The van der Waals surface area contributed by atoms with Gasteiger partial charge in [0.05, 0.1) is 10.6 Å². The van der Waals surface area contributed by atoms with E-state index in [-0.39, 0.29) is 16.2 Å². The Morgan fingerprint density at radius 2 is 1.69 bits per heavy atom. The number of anilines is 1. The summed E-state index contributed by atoms with van der Waals surface area (Å²) in [7, 11) is -3.59. The molecule has 0 saturated carbocycles. The fourth-order valence-corrected chi connectivity index (χ4v) is 4.53. The van der Waals surface area contributed by atoms with Crippen molar-refractivity contribution in [2.75, 3.05) is 18.4 Å². The Bertz CT molecular complexity index is 948. The summed E-state index contributed by atoms with van der Waals surface area (Å²) in [6.45, 7) is 2.43. The summed E-state index contributed by atoms with van der Waals surface area (Å²) in [6, 6.07) is 12.7. The van der Waals surface area contributed by atoms with Gasteiger partial charge in [0.15, 0.2) is 5.78 Å². The van der Waals surface area contributed by atoms with Crippen molar-refractivity contribution in [3.05, 3.63) is 59.7 Å². The number of amides is 1. The van der Waals surface area contributed by atoms with Crippen LogP contribution < -0.4 is 5.32 Å². The first-order valence-electron chi connectivity index (χ1n) is 8.41. The van der Waals surface area contributed by atoms with Gasteiger partial charge in [0.25, 0.3) is 5.91 Å². The molecule has 1 aliphatic rings. The Hall–Kier alpha value is -2.51. The number of benzene rings is 2. The van der Waals surface area contributed by atoms with Gasteiger partial charge in [-0.3, -0.25) is 9.59 Å². The molecule has 0 atom stereocenters. The van der Waals surface area contributed by atoms with Crippen LogP contribution in [0.4, 0.5) is 5.69 Å². The minimum atomic E-state index is -3.59. The van der Waals surface area contributed by atoms with Crippen LogP contribution in [0, 0.1) is 0 Å². The largest absolute Gasteiger partial charge is 0.321 e. The number of hydrogen-bond acceptors (Lipinski definition) is 4. The average Bonchev–Trinajstić information content (AvgIpc) is 3.17. The van der Waals surface area contributed by atoms with Crippen molar-refractivity contribution in [2.24, 2.45) is 0 Å². The van der Waals surface area contributed by atoms with Gasteiger partial charge < -0.3 is 5.32 Å². The molecule has 3 rings (SSSR count). The standard InChI is InChI=1S/C19H20N2O4S/c1-14(22)17-9-2-3-10-18(17)20-19(23)15-7-6-8-16(13-15)26(24,25)21-11-4-5-12-21/h2-3,6-10,13H,4-5,11-12H2,1H3,(H,20,23). The van der Waals surface area contributed by atoms with E-state index >= 15 is 0 Å². The third-order valence-corrected chi connectivity index (χ3v) is 6.25. The van der Waals surface area contributed by atoms with Crippen molar-refractivity contribution in [3.63, 3.8) is 0 Å². The lowest BCUT2D eigenvalue weighted by molar-refractivity contribution is 0.101. The van der Waals surface area contributed by atoms with Crippen LogP contribution in [-0.2, 0) is 10.0 Å². The number of carbonyl (C=O) groups is 2. The van der Waals surface area contributed by atoms with E-state index in [4.69, 9.17) is 0 Å². The molecule has 7 heteroatoms. The second kappa shape index (κ2) is 7.39. The third kappa shape index (κ3) is 3.68. The number of para-hydroxylation sites is 1. The molecule has 1 aliphatic heterocycles. The molecule has 1 heterocycles. The molecular formula is C19H20N2O4S. The maximum atomic E-state index is 12.7. The quantitative estimate of drug-likeness (QED) is 0.818. The minimum Gasteiger partial charge on any atom is -0.321 e. The first-order chi connectivity index (χ1) is 12.4. The highest BCUT2D eigenvalue weighted by Crippen LogP contribution is 2.22. The molecule has 0 aliphatic carbocycles. The maximum absolute atomic E-state index is 12.7. The number of sulfonamides is 1. The molecule has 136 valence electrons. The lowest BCUT2D eigenvalue weighted by atomic mass is 10.1. The Kier molecular flexibility index (Phi) is 5.20. The fourth-order valence-electron chi connectivity index (χ4n) is 2.97. The zero-order chi connectivity index (χ0) is 18.7. The van der Waals surface area contributed by atoms with Crippen LogP contribution in [-0.4, -0.2) is 37.5 Å². The predicted octanol–water partition coefficient (Wildman–Crippen LogP) is 2.93. The molecule has 2 aromatic carbocycles. The van der Waals surface area contributed by atoms with Crippen LogP contribution in [0.3, 0.4) is 0 Å². The van der Waals surface area contributed by atoms with E-state index in [2.05, 4.69) is 5.32 Å². The molecule has 1 saturated heterocycles. The monoisotopic (exact) mass is 372 g/mol. The van der Waals surface area contributed by atoms with E-state index in [0.717, 1.165) is 12.8 Å². The Morgan fingerprint density at radius 1 is 1.00 bits per heavy atom. The van der Waals surface area contributed by atoms with Gasteiger partial charge in [0.1, 0.15) is 0 Å². The van der Waals surface area contributed by atoms with E-state index < -0.39 is 15.9 Å². The van der Waals surface area contributed by atoms with E-state index in [1.807, 2.05) is 0 Å². The third-order valence-electron chi connectivity index (χ3n) is 4.35. The summed E-state index contributed by atoms with van der Waals surface area (Å²) in [5, 5.41) is 2.69. The number of hydrogen-bond donors (Lipinski definition) is 1. The van der Waals surface area contributed by atoms with Gasteiger partial charge in [0.2, 0.25) is 10.0 Å². The number of ketones is 1. The van der Waals surface area contributed by atoms with Gasteiger partial charge in [-0.2, -0.15) is 4.31 Å². The molecule has 0 radical (unpaired) electrons. The summed E-state index contributed by atoms with van der Waals surface area (Å²) in [5.41, 5.74) is 1.03. The zero-order valence-electron chi connectivity index (χ0n) is 14.4. The SMILES string of the molecule is CC(=O)c1ccccc1NC(=O)c1cccc(S(=O)(=O)N2CCCC2)c1. The van der Waals surface area contributed by atoms with Crippen molar-refractivity contribution in [3.8, 4) is 0 Å². The predicted molar refractivity (Wildman–Crippen MR) is 98.8 cm³/mol. The first kappa shape index (κ1) is 18.3. The smallest absolute Gasteiger partial charge is 0.255 e. The highest BCUT2D eigenvalue weighted by molar-refractivity contribution is 7.89. The van der Waals surface area contributed by atoms with Gasteiger partial charge in [0, 0.05) is 24.2 Å². The summed E-state index contributed by atoms with van der Waals surface area (Å²) < 4.78 is 26.8. The number of nitrogens with one attached hydrogen (secondary N) is 1. The van der Waals surface area contributed by atoms with E-state index in [1.165, 1.54) is 23.4 Å². The molecule has 2 aromatic rings. The Morgan fingerprint density at radius 3 is 2.38 bits per heavy atom. The second-order valence-corrected chi connectivity index (χ2v) is 8.13. The number of rotatable bonds is 5. The lowest BCUT2D eigenvalue weighted by Gasteiger charge is -2.16. The van der Waals surface area contributed by atoms with Gasteiger partial charge in [-0.1, -0.05) is 18.2 Å². The van der Waals surface area contributed by atoms with Gasteiger partial charge in [-0.15, -0.1) is 0 Å². The highest BCUT2D eigenvalue weighted by Gasteiger charge is 2.27. The fraction of sp³-hybridized carbons (Fsp3) is 0.263. The van der Waals surface area contributed by atoms with Crippen LogP contribution in [0.15, 0.2) is 53.4 Å². The van der Waals surface area contributed by atoms with E-state index in [0.29, 0.717) is 24.3 Å². The summed E-state index contributed by atoms with van der Waals surface area (Å²) in [4.78, 5) is 24.3. The molecule has 0 unspecified atom stereocenters.